The molecule has 2 rings (SSSR count). The second-order valence-corrected chi connectivity index (χ2v) is 6.94. The van der Waals surface area contributed by atoms with Gasteiger partial charge in [-0.1, -0.05) is 0 Å². The summed E-state index contributed by atoms with van der Waals surface area (Å²) >= 11 is 0. The number of carbonyl (C=O) groups excluding carboxylic acids is 1. The van der Waals surface area contributed by atoms with Crippen LogP contribution >= 0.6 is 0 Å². The molecule has 0 bridgehead atoms. The zero-order valence-electron chi connectivity index (χ0n) is 14.3. The highest BCUT2D eigenvalue weighted by atomic mass is 16.6. The van der Waals surface area contributed by atoms with Crippen LogP contribution in [0, 0.1) is 16.0 Å². The second-order valence-electron chi connectivity index (χ2n) is 6.94. The molecule has 2 heterocycles. The number of aromatic nitrogens is 1. The number of amides is 1. The summed E-state index contributed by atoms with van der Waals surface area (Å²) in [5, 5.41) is 13.9. The predicted octanol–water partition coefficient (Wildman–Crippen LogP) is 2.73. The predicted molar refractivity (Wildman–Crippen MR) is 90.1 cm³/mol. The first-order valence-corrected chi connectivity index (χ1v) is 8.07. The second kappa shape index (κ2) is 7.46. The SMILES string of the molecule is CC(C)(C)OC(=O)NC[C@@H]1CCCN(c2ncccc2[N+](=O)[O-])C1. The quantitative estimate of drug-likeness (QED) is 0.670. The molecule has 1 saturated heterocycles. The van der Waals surface area contributed by atoms with Crippen molar-refractivity contribution in [2.75, 3.05) is 24.5 Å². The lowest BCUT2D eigenvalue weighted by Gasteiger charge is -2.33. The van der Waals surface area contributed by atoms with Crippen molar-refractivity contribution in [3.05, 3.63) is 28.4 Å². The van der Waals surface area contributed by atoms with E-state index in [1.807, 2.05) is 25.7 Å². The molecule has 0 unspecified atom stereocenters. The number of hydrogen-bond donors (Lipinski definition) is 1. The number of piperidine rings is 1. The summed E-state index contributed by atoms with van der Waals surface area (Å²) in [4.78, 5) is 28.6. The Labute approximate surface area is 141 Å². The summed E-state index contributed by atoms with van der Waals surface area (Å²) < 4.78 is 5.23. The number of hydrogen-bond acceptors (Lipinski definition) is 6. The molecule has 132 valence electrons. The van der Waals surface area contributed by atoms with E-state index in [1.165, 1.54) is 6.07 Å². The Morgan fingerprint density at radius 2 is 2.29 bits per heavy atom. The standard InChI is InChI=1S/C16H24N4O4/c1-16(2,3)24-15(21)18-10-12-6-5-9-19(11-12)14-13(20(22)23)7-4-8-17-14/h4,7-8,12H,5-6,9-11H2,1-3H3,(H,18,21)/t12-/m0/s1. The maximum atomic E-state index is 11.7. The molecule has 0 spiro atoms. The van der Waals surface area contributed by atoms with Gasteiger partial charge in [0, 0.05) is 31.9 Å². The first-order chi connectivity index (χ1) is 11.3. The highest BCUT2D eigenvalue weighted by Gasteiger charge is 2.27. The molecule has 8 nitrogen and oxygen atoms in total. The molecule has 1 aliphatic rings. The topological polar surface area (TPSA) is 97.6 Å². The van der Waals surface area contributed by atoms with Gasteiger partial charge in [-0.05, 0) is 45.6 Å². The fraction of sp³-hybridized carbons (Fsp3) is 0.625. The van der Waals surface area contributed by atoms with Gasteiger partial charge in [0.05, 0.1) is 4.92 Å². The highest BCUT2D eigenvalue weighted by molar-refractivity contribution is 5.67. The van der Waals surface area contributed by atoms with Gasteiger partial charge in [-0.3, -0.25) is 10.1 Å². The minimum atomic E-state index is -0.531. The van der Waals surface area contributed by atoms with Crippen LogP contribution in [-0.4, -0.2) is 41.2 Å². The van der Waals surface area contributed by atoms with E-state index >= 15 is 0 Å². The largest absolute Gasteiger partial charge is 0.444 e. The monoisotopic (exact) mass is 336 g/mol. The molecule has 0 aliphatic carbocycles. The van der Waals surface area contributed by atoms with Crippen LogP contribution in [0.25, 0.3) is 0 Å². The van der Waals surface area contributed by atoms with Crippen molar-refractivity contribution in [2.24, 2.45) is 5.92 Å². The van der Waals surface area contributed by atoms with E-state index in [0.29, 0.717) is 18.9 Å². The van der Waals surface area contributed by atoms with E-state index in [2.05, 4.69) is 10.3 Å². The Morgan fingerprint density at radius 1 is 1.54 bits per heavy atom. The van der Waals surface area contributed by atoms with Crippen molar-refractivity contribution >= 4 is 17.6 Å². The Kier molecular flexibility index (Phi) is 5.58. The third kappa shape index (κ3) is 5.07. The smallest absolute Gasteiger partial charge is 0.407 e. The van der Waals surface area contributed by atoms with Gasteiger partial charge in [-0.15, -0.1) is 0 Å². The molecule has 1 N–H and O–H groups in total. The van der Waals surface area contributed by atoms with Gasteiger partial charge in [0.25, 0.3) is 0 Å². The normalized spacial score (nSPS) is 18.1. The number of carbonyl (C=O) groups is 1. The van der Waals surface area contributed by atoms with Crippen molar-refractivity contribution < 1.29 is 14.5 Å². The summed E-state index contributed by atoms with van der Waals surface area (Å²) in [6.45, 7) is 7.26. The molecule has 0 radical (unpaired) electrons. The molecule has 0 saturated carbocycles. The number of ether oxygens (including phenoxy) is 1. The fourth-order valence-corrected chi connectivity index (χ4v) is 2.74. The lowest BCUT2D eigenvalue weighted by Crippen LogP contribution is -2.42. The number of nitro groups is 1. The molecule has 1 aromatic rings. The molecular weight excluding hydrogens is 312 g/mol. The molecule has 24 heavy (non-hydrogen) atoms. The van der Waals surface area contributed by atoms with Crippen molar-refractivity contribution in [1.82, 2.24) is 10.3 Å². The van der Waals surface area contributed by atoms with Crippen molar-refractivity contribution in [3.63, 3.8) is 0 Å². The zero-order chi connectivity index (χ0) is 17.7. The first-order valence-electron chi connectivity index (χ1n) is 8.07. The Bertz CT molecular complexity index is 600. The minimum absolute atomic E-state index is 0.0123. The van der Waals surface area contributed by atoms with Gasteiger partial charge in [0.1, 0.15) is 5.60 Å². The van der Waals surface area contributed by atoms with Gasteiger partial charge in [-0.2, -0.15) is 0 Å². The van der Waals surface area contributed by atoms with E-state index in [1.54, 1.807) is 12.3 Å². The maximum absolute atomic E-state index is 11.7. The van der Waals surface area contributed by atoms with E-state index in [0.717, 1.165) is 19.4 Å². The summed E-state index contributed by atoms with van der Waals surface area (Å²) in [7, 11) is 0. The van der Waals surface area contributed by atoms with Crippen LogP contribution in [0.2, 0.25) is 0 Å². The van der Waals surface area contributed by atoms with Crippen molar-refractivity contribution in [1.29, 1.82) is 0 Å². The van der Waals surface area contributed by atoms with Crippen LogP contribution in [0.5, 0.6) is 0 Å². The van der Waals surface area contributed by atoms with Crippen LogP contribution in [0.3, 0.4) is 0 Å². The molecule has 1 aromatic heterocycles. The lowest BCUT2D eigenvalue weighted by atomic mass is 9.98. The van der Waals surface area contributed by atoms with Gasteiger partial charge in [0.15, 0.2) is 0 Å². The highest BCUT2D eigenvalue weighted by Crippen LogP contribution is 2.28. The first kappa shape index (κ1) is 18.0. The zero-order valence-corrected chi connectivity index (χ0v) is 14.3. The average molecular weight is 336 g/mol. The minimum Gasteiger partial charge on any atom is -0.444 e. The van der Waals surface area contributed by atoms with Gasteiger partial charge >= 0.3 is 11.8 Å². The van der Waals surface area contributed by atoms with Crippen LogP contribution in [-0.2, 0) is 4.74 Å². The number of nitrogens with zero attached hydrogens (tertiary/aromatic N) is 3. The average Bonchev–Trinajstić information content (AvgIpc) is 2.51. The Balaban J connectivity index is 1.95. The van der Waals surface area contributed by atoms with Crippen LogP contribution in [0.15, 0.2) is 18.3 Å². The van der Waals surface area contributed by atoms with E-state index in [-0.39, 0.29) is 11.6 Å². The number of pyridine rings is 1. The van der Waals surface area contributed by atoms with Crippen molar-refractivity contribution in [2.45, 2.75) is 39.2 Å². The third-order valence-electron chi connectivity index (χ3n) is 3.72. The Morgan fingerprint density at radius 3 is 2.96 bits per heavy atom. The van der Waals surface area contributed by atoms with E-state index < -0.39 is 16.6 Å². The summed E-state index contributed by atoms with van der Waals surface area (Å²) in [6.07, 6.45) is 2.97. The van der Waals surface area contributed by atoms with E-state index in [4.69, 9.17) is 4.74 Å². The van der Waals surface area contributed by atoms with Gasteiger partial charge in [0.2, 0.25) is 5.82 Å². The van der Waals surface area contributed by atoms with Gasteiger partial charge in [-0.25, -0.2) is 9.78 Å². The molecule has 1 atom stereocenters. The number of nitrogens with one attached hydrogen (secondary N) is 1. The molecule has 1 amide bonds. The summed E-state index contributed by atoms with van der Waals surface area (Å²) in [6, 6.07) is 3.03. The third-order valence-corrected chi connectivity index (χ3v) is 3.72. The summed E-state index contributed by atoms with van der Waals surface area (Å²) in [5.41, 5.74) is -0.518. The maximum Gasteiger partial charge on any atom is 0.407 e. The lowest BCUT2D eigenvalue weighted by molar-refractivity contribution is -0.384. The van der Waals surface area contributed by atoms with Crippen LogP contribution in [0.1, 0.15) is 33.6 Å². The number of alkyl carbamates (subject to hydrolysis) is 1. The Hall–Kier alpha value is -2.38. The number of anilines is 1. The van der Waals surface area contributed by atoms with E-state index in [9.17, 15) is 14.9 Å². The molecule has 1 fully saturated rings. The van der Waals surface area contributed by atoms with Gasteiger partial charge < -0.3 is 15.0 Å². The molecule has 0 aromatic carbocycles. The summed E-state index contributed by atoms with van der Waals surface area (Å²) in [5.74, 6) is 0.595. The number of rotatable bonds is 4. The van der Waals surface area contributed by atoms with Crippen molar-refractivity contribution in [3.8, 4) is 0 Å². The molecule has 8 heteroatoms. The van der Waals surface area contributed by atoms with Crippen LogP contribution < -0.4 is 10.2 Å². The molecule has 1 aliphatic heterocycles. The molecular formula is C16H24N4O4. The van der Waals surface area contributed by atoms with Crippen LogP contribution in [0.4, 0.5) is 16.3 Å². The fourth-order valence-electron chi connectivity index (χ4n) is 2.74.